The zero-order valence-electron chi connectivity index (χ0n) is 12.3. The van der Waals surface area contributed by atoms with E-state index in [9.17, 15) is 9.18 Å². The average molecular weight is 291 g/mol. The van der Waals surface area contributed by atoms with E-state index >= 15 is 0 Å². The fourth-order valence-electron chi connectivity index (χ4n) is 3.70. The van der Waals surface area contributed by atoms with Gasteiger partial charge in [-0.3, -0.25) is 4.79 Å². The Morgan fingerprint density at radius 1 is 1.33 bits per heavy atom. The van der Waals surface area contributed by atoms with Crippen molar-refractivity contribution in [2.75, 3.05) is 0 Å². The van der Waals surface area contributed by atoms with Crippen LogP contribution < -0.4 is 10.1 Å². The van der Waals surface area contributed by atoms with Crippen LogP contribution in [0.25, 0.3) is 0 Å². The van der Waals surface area contributed by atoms with Gasteiger partial charge in [-0.05, 0) is 61.8 Å². The molecule has 114 valence electrons. The zero-order chi connectivity index (χ0) is 14.8. The Hall–Kier alpha value is -1.58. The molecule has 3 nitrogen and oxygen atoms in total. The number of hydrogen-bond donors (Lipinski definition) is 1. The van der Waals surface area contributed by atoms with Gasteiger partial charge >= 0.3 is 0 Å². The van der Waals surface area contributed by atoms with Crippen LogP contribution >= 0.6 is 0 Å². The lowest BCUT2D eigenvalue weighted by atomic mass is 9.95. The highest BCUT2D eigenvalue weighted by molar-refractivity contribution is 5.81. The molecule has 1 N–H and O–H groups in total. The molecule has 1 aromatic carbocycles. The highest BCUT2D eigenvalue weighted by Crippen LogP contribution is 2.44. The Morgan fingerprint density at radius 2 is 2.10 bits per heavy atom. The molecule has 2 aliphatic carbocycles. The molecule has 0 radical (unpaired) electrons. The van der Waals surface area contributed by atoms with Crippen molar-refractivity contribution >= 4 is 5.91 Å². The van der Waals surface area contributed by atoms with Gasteiger partial charge in [0.15, 0.2) is 6.10 Å². The van der Waals surface area contributed by atoms with Gasteiger partial charge in [-0.1, -0.05) is 13.3 Å². The molecule has 3 rings (SSSR count). The van der Waals surface area contributed by atoms with E-state index in [2.05, 4.69) is 5.32 Å². The van der Waals surface area contributed by atoms with E-state index in [1.54, 1.807) is 12.1 Å². The van der Waals surface area contributed by atoms with Crippen molar-refractivity contribution in [2.24, 2.45) is 11.8 Å². The summed E-state index contributed by atoms with van der Waals surface area (Å²) in [4.78, 5) is 12.4. The molecular weight excluding hydrogens is 269 g/mol. The highest BCUT2D eigenvalue weighted by Gasteiger charge is 2.40. The number of carbonyl (C=O) groups is 1. The summed E-state index contributed by atoms with van der Waals surface area (Å²) in [7, 11) is 0. The van der Waals surface area contributed by atoms with E-state index in [1.807, 2.05) is 6.92 Å². The van der Waals surface area contributed by atoms with Crippen LogP contribution in [-0.4, -0.2) is 18.1 Å². The normalized spacial score (nSPS) is 28.4. The van der Waals surface area contributed by atoms with Gasteiger partial charge in [0.25, 0.3) is 5.91 Å². The number of hydrogen-bond acceptors (Lipinski definition) is 2. The monoisotopic (exact) mass is 291 g/mol. The zero-order valence-corrected chi connectivity index (χ0v) is 12.3. The Bertz CT molecular complexity index is 502. The second kappa shape index (κ2) is 6.04. The molecule has 0 saturated heterocycles. The molecule has 0 aliphatic heterocycles. The van der Waals surface area contributed by atoms with Crippen LogP contribution in [0.15, 0.2) is 24.3 Å². The molecule has 2 saturated carbocycles. The molecule has 0 spiro atoms. The number of amides is 1. The first-order chi connectivity index (χ1) is 10.2. The van der Waals surface area contributed by atoms with E-state index in [-0.39, 0.29) is 11.7 Å². The van der Waals surface area contributed by atoms with Crippen molar-refractivity contribution in [1.82, 2.24) is 5.32 Å². The van der Waals surface area contributed by atoms with Gasteiger partial charge < -0.3 is 10.1 Å². The third-order valence-corrected chi connectivity index (χ3v) is 4.82. The largest absolute Gasteiger partial charge is 0.481 e. The predicted octanol–water partition coefficient (Wildman–Crippen LogP) is 3.29. The molecule has 1 aromatic rings. The minimum absolute atomic E-state index is 0.0422. The Morgan fingerprint density at radius 3 is 2.67 bits per heavy atom. The van der Waals surface area contributed by atoms with Gasteiger partial charge in [-0.2, -0.15) is 0 Å². The summed E-state index contributed by atoms with van der Waals surface area (Å²) in [5.74, 6) is 1.65. The van der Waals surface area contributed by atoms with Crippen LogP contribution in [0.2, 0.25) is 0 Å². The van der Waals surface area contributed by atoms with Crippen molar-refractivity contribution in [3.8, 4) is 5.75 Å². The first-order valence-corrected chi connectivity index (χ1v) is 7.88. The summed E-state index contributed by atoms with van der Waals surface area (Å²) >= 11 is 0. The van der Waals surface area contributed by atoms with Gasteiger partial charge in [0.1, 0.15) is 11.6 Å². The van der Waals surface area contributed by atoms with Crippen molar-refractivity contribution in [3.05, 3.63) is 30.1 Å². The van der Waals surface area contributed by atoms with Gasteiger partial charge in [-0.25, -0.2) is 4.39 Å². The first kappa shape index (κ1) is 14.4. The number of benzene rings is 1. The van der Waals surface area contributed by atoms with Gasteiger partial charge in [-0.15, -0.1) is 0 Å². The maximum atomic E-state index is 12.9. The summed E-state index contributed by atoms with van der Waals surface area (Å²) in [6, 6.07) is 6.12. The number of rotatable bonds is 5. The van der Waals surface area contributed by atoms with Crippen LogP contribution in [0.3, 0.4) is 0 Å². The molecule has 2 aliphatic rings. The van der Waals surface area contributed by atoms with Gasteiger partial charge in [0, 0.05) is 6.04 Å². The standard InChI is InChI=1S/C17H22FNO2/c1-2-16(21-14-7-5-13(18)6-8-14)17(20)19-15-10-11-3-4-12(15)9-11/h5-8,11-12,15-16H,2-4,9-10H2,1H3,(H,19,20)/t11-,12-,15-,16+/m0/s1. The van der Waals surface area contributed by atoms with Crippen LogP contribution in [0, 0.1) is 17.7 Å². The SMILES string of the molecule is CC[C@@H](Oc1ccc(F)cc1)C(=O)N[C@H]1C[C@H]2CC[C@H]1C2. The number of carbonyl (C=O) groups excluding carboxylic acids is 1. The fourth-order valence-corrected chi connectivity index (χ4v) is 3.70. The summed E-state index contributed by atoms with van der Waals surface area (Å²) in [6.45, 7) is 1.93. The van der Waals surface area contributed by atoms with Crippen molar-refractivity contribution < 1.29 is 13.9 Å². The molecule has 0 aromatic heterocycles. The fraction of sp³-hybridized carbons (Fsp3) is 0.588. The number of halogens is 1. The molecule has 0 unspecified atom stereocenters. The summed E-state index contributed by atoms with van der Waals surface area (Å²) in [6.07, 6.45) is 5.04. The molecule has 1 amide bonds. The smallest absolute Gasteiger partial charge is 0.261 e. The quantitative estimate of drug-likeness (QED) is 0.904. The molecule has 4 heteroatoms. The van der Waals surface area contributed by atoms with E-state index in [4.69, 9.17) is 4.74 Å². The second-order valence-corrected chi connectivity index (χ2v) is 6.26. The van der Waals surface area contributed by atoms with E-state index in [0.717, 1.165) is 12.3 Å². The van der Waals surface area contributed by atoms with Crippen molar-refractivity contribution in [1.29, 1.82) is 0 Å². The molecule has 2 fully saturated rings. The summed E-state index contributed by atoms with van der Waals surface area (Å²) < 4.78 is 18.6. The van der Waals surface area contributed by atoms with Crippen LogP contribution in [-0.2, 0) is 4.79 Å². The average Bonchev–Trinajstić information content (AvgIpc) is 3.09. The van der Waals surface area contributed by atoms with Crippen LogP contribution in [0.4, 0.5) is 4.39 Å². The van der Waals surface area contributed by atoms with Crippen molar-refractivity contribution in [3.63, 3.8) is 0 Å². The third-order valence-electron chi connectivity index (χ3n) is 4.82. The van der Waals surface area contributed by atoms with E-state index < -0.39 is 6.10 Å². The minimum atomic E-state index is -0.505. The summed E-state index contributed by atoms with van der Waals surface area (Å²) in [5.41, 5.74) is 0. The van der Waals surface area contributed by atoms with Gasteiger partial charge in [0.05, 0.1) is 0 Å². The predicted molar refractivity (Wildman–Crippen MR) is 78.5 cm³/mol. The molecule has 21 heavy (non-hydrogen) atoms. The first-order valence-electron chi connectivity index (χ1n) is 7.88. The van der Waals surface area contributed by atoms with Gasteiger partial charge in [0.2, 0.25) is 0 Å². The van der Waals surface area contributed by atoms with Crippen LogP contribution in [0.1, 0.15) is 39.0 Å². The minimum Gasteiger partial charge on any atom is -0.481 e. The summed E-state index contributed by atoms with van der Waals surface area (Å²) in [5, 5.41) is 3.15. The number of ether oxygens (including phenoxy) is 1. The number of fused-ring (bicyclic) bond motifs is 2. The lowest BCUT2D eigenvalue weighted by Crippen LogP contribution is -2.45. The molecule has 4 atom stereocenters. The number of nitrogens with one attached hydrogen (secondary N) is 1. The maximum Gasteiger partial charge on any atom is 0.261 e. The van der Waals surface area contributed by atoms with E-state index in [0.29, 0.717) is 24.1 Å². The molecular formula is C17H22FNO2. The second-order valence-electron chi connectivity index (χ2n) is 6.26. The van der Waals surface area contributed by atoms with E-state index in [1.165, 1.54) is 31.4 Å². The lowest BCUT2D eigenvalue weighted by molar-refractivity contribution is -0.129. The topological polar surface area (TPSA) is 38.3 Å². The molecule has 2 bridgehead atoms. The highest BCUT2D eigenvalue weighted by atomic mass is 19.1. The maximum absolute atomic E-state index is 12.9. The van der Waals surface area contributed by atoms with Crippen LogP contribution in [0.5, 0.6) is 5.75 Å². The van der Waals surface area contributed by atoms with Crippen molar-refractivity contribution in [2.45, 2.75) is 51.2 Å². The third kappa shape index (κ3) is 3.20. The Kier molecular flexibility index (Phi) is 4.13. The Balaban J connectivity index is 1.57. The Labute approximate surface area is 124 Å². The molecule has 0 heterocycles. The lowest BCUT2D eigenvalue weighted by Gasteiger charge is -2.25.